The lowest BCUT2D eigenvalue weighted by atomic mass is 9.95. The Morgan fingerprint density at radius 2 is 1.64 bits per heavy atom. The Bertz CT molecular complexity index is 1650. The summed E-state index contributed by atoms with van der Waals surface area (Å²) in [4.78, 5) is 48.0. The fourth-order valence-electron chi connectivity index (χ4n) is 6.88. The van der Waals surface area contributed by atoms with Crippen LogP contribution in [-0.4, -0.2) is 83.9 Å². The molecule has 0 bridgehead atoms. The van der Waals surface area contributed by atoms with E-state index in [1.165, 1.54) is 24.5 Å². The van der Waals surface area contributed by atoms with Crippen LogP contribution >= 0.6 is 0 Å². The molecule has 0 spiro atoms. The number of piperidine rings is 2. The molecule has 0 atom stereocenters. The highest BCUT2D eigenvalue weighted by Gasteiger charge is 2.24. The van der Waals surface area contributed by atoms with Gasteiger partial charge in [-0.2, -0.15) is 0 Å². The first-order valence-corrected chi connectivity index (χ1v) is 16.8. The van der Waals surface area contributed by atoms with E-state index in [0.29, 0.717) is 30.3 Å². The van der Waals surface area contributed by atoms with E-state index in [-0.39, 0.29) is 30.0 Å². The van der Waals surface area contributed by atoms with Gasteiger partial charge in [-0.3, -0.25) is 19.3 Å². The quantitative estimate of drug-likeness (QED) is 0.270. The van der Waals surface area contributed by atoms with E-state index in [0.717, 1.165) is 66.1 Å². The molecule has 250 valence electrons. The Hall–Kier alpha value is -4.21. The van der Waals surface area contributed by atoms with Crippen molar-refractivity contribution in [3.63, 3.8) is 0 Å². The number of hydrogen-bond acceptors (Lipinski definition) is 6. The van der Waals surface area contributed by atoms with E-state index < -0.39 is 0 Å². The second-order valence-corrected chi connectivity index (χ2v) is 13.4. The van der Waals surface area contributed by atoms with Gasteiger partial charge >= 0.3 is 0 Å². The number of anilines is 1. The number of amides is 2. The number of likely N-dealkylation sites (tertiary alicyclic amines) is 2. The van der Waals surface area contributed by atoms with Crippen LogP contribution in [0.3, 0.4) is 0 Å². The number of aromatic amines is 1. The maximum Gasteiger partial charge on any atom is 0.253 e. The van der Waals surface area contributed by atoms with Gasteiger partial charge in [-0.1, -0.05) is 30.8 Å². The standard InChI is InChI=1S/C38H50N6O3/c1-7-36(45)44-18-12-31(13-19-44)41-35-22-30(29-10-8-28(9-11-29)24-43-16-14-32(15-17-43)42(5)6)21-33(27(35)4)37(46)39-23-34-25(2)20-26(3)40-38(34)47/h7-11,20-22,31-32,41H,1,12-19,23-24H2,2-6H3,(H,39,46)(H,40,47). The summed E-state index contributed by atoms with van der Waals surface area (Å²) in [5.41, 5.74) is 7.60. The zero-order chi connectivity index (χ0) is 33.7. The third-order valence-corrected chi connectivity index (χ3v) is 9.89. The van der Waals surface area contributed by atoms with Crippen molar-refractivity contribution >= 4 is 17.5 Å². The highest BCUT2D eigenvalue weighted by Crippen LogP contribution is 2.31. The van der Waals surface area contributed by atoms with Crippen LogP contribution in [0, 0.1) is 20.8 Å². The summed E-state index contributed by atoms with van der Waals surface area (Å²) in [7, 11) is 4.34. The number of rotatable bonds is 10. The number of aryl methyl sites for hydroxylation is 2. The number of nitrogens with one attached hydrogen (secondary N) is 3. The van der Waals surface area contributed by atoms with Crippen molar-refractivity contribution in [2.24, 2.45) is 0 Å². The number of hydrogen-bond donors (Lipinski definition) is 3. The Balaban J connectivity index is 1.37. The van der Waals surface area contributed by atoms with Gasteiger partial charge < -0.3 is 25.4 Å². The molecule has 2 aliphatic heterocycles. The van der Waals surface area contributed by atoms with Gasteiger partial charge in [0.2, 0.25) is 5.91 Å². The van der Waals surface area contributed by atoms with Crippen molar-refractivity contribution in [1.82, 2.24) is 25.0 Å². The molecular weight excluding hydrogens is 588 g/mol. The zero-order valence-electron chi connectivity index (χ0n) is 28.6. The Kier molecular flexibility index (Phi) is 11.0. The molecule has 2 amide bonds. The number of carbonyl (C=O) groups excluding carboxylic acids is 2. The Morgan fingerprint density at radius 3 is 2.26 bits per heavy atom. The largest absolute Gasteiger partial charge is 0.382 e. The Morgan fingerprint density at radius 1 is 0.957 bits per heavy atom. The highest BCUT2D eigenvalue weighted by molar-refractivity contribution is 5.98. The Labute approximate surface area is 279 Å². The minimum absolute atomic E-state index is 0.0373. The summed E-state index contributed by atoms with van der Waals surface area (Å²) in [6, 6.07) is 15.5. The van der Waals surface area contributed by atoms with Crippen LogP contribution in [0.4, 0.5) is 5.69 Å². The predicted molar refractivity (Wildman–Crippen MR) is 190 cm³/mol. The molecule has 3 N–H and O–H groups in total. The average Bonchev–Trinajstić information content (AvgIpc) is 3.05. The van der Waals surface area contributed by atoms with E-state index in [1.807, 2.05) is 37.8 Å². The fourth-order valence-corrected chi connectivity index (χ4v) is 6.88. The number of carbonyl (C=O) groups is 2. The summed E-state index contributed by atoms with van der Waals surface area (Å²) in [6.07, 6.45) is 5.37. The third-order valence-electron chi connectivity index (χ3n) is 9.89. The first kappa shape index (κ1) is 34.1. The van der Waals surface area contributed by atoms with Crippen molar-refractivity contribution in [3.05, 3.63) is 99.0 Å². The second kappa shape index (κ2) is 15.1. The molecule has 9 heteroatoms. The molecule has 2 aliphatic rings. The number of H-pyrrole nitrogens is 1. The van der Waals surface area contributed by atoms with Gasteiger partial charge in [-0.25, -0.2) is 0 Å². The van der Waals surface area contributed by atoms with Crippen molar-refractivity contribution < 1.29 is 9.59 Å². The summed E-state index contributed by atoms with van der Waals surface area (Å²) < 4.78 is 0. The molecule has 5 rings (SSSR count). The van der Waals surface area contributed by atoms with Crippen LogP contribution in [-0.2, 0) is 17.9 Å². The topological polar surface area (TPSA) is 101 Å². The van der Waals surface area contributed by atoms with E-state index in [1.54, 1.807) is 0 Å². The predicted octanol–water partition coefficient (Wildman–Crippen LogP) is 5.01. The number of pyridine rings is 1. The lowest BCUT2D eigenvalue weighted by Gasteiger charge is -2.35. The number of benzene rings is 2. The summed E-state index contributed by atoms with van der Waals surface area (Å²) in [5, 5.41) is 6.71. The van der Waals surface area contributed by atoms with Crippen LogP contribution in [0.2, 0.25) is 0 Å². The third kappa shape index (κ3) is 8.39. The van der Waals surface area contributed by atoms with Gasteiger partial charge in [-0.05, 0) is 126 Å². The highest BCUT2D eigenvalue weighted by atomic mass is 16.2. The van der Waals surface area contributed by atoms with E-state index in [4.69, 9.17) is 0 Å². The van der Waals surface area contributed by atoms with Gasteiger partial charge in [0.25, 0.3) is 11.5 Å². The molecule has 2 aromatic carbocycles. The van der Waals surface area contributed by atoms with Gasteiger partial charge in [0.1, 0.15) is 0 Å². The first-order valence-electron chi connectivity index (χ1n) is 16.8. The molecule has 9 nitrogen and oxygen atoms in total. The maximum absolute atomic E-state index is 13.7. The lowest BCUT2D eigenvalue weighted by Crippen LogP contribution is -2.41. The van der Waals surface area contributed by atoms with Gasteiger partial charge in [0.15, 0.2) is 0 Å². The molecule has 1 aromatic heterocycles. The van der Waals surface area contributed by atoms with Crippen molar-refractivity contribution in [2.75, 3.05) is 45.6 Å². The maximum atomic E-state index is 13.7. The van der Waals surface area contributed by atoms with Crippen LogP contribution in [0.5, 0.6) is 0 Å². The smallest absolute Gasteiger partial charge is 0.253 e. The summed E-state index contributed by atoms with van der Waals surface area (Å²) in [6.45, 7) is 13.9. The molecular formula is C38H50N6O3. The van der Waals surface area contributed by atoms with Gasteiger partial charge in [0.05, 0.1) is 0 Å². The molecule has 3 heterocycles. The van der Waals surface area contributed by atoms with Crippen LogP contribution in [0.25, 0.3) is 11.1 Å². The minimum Gasteiger partial charge on any atom is -0.382 e. The molecule has 0 saturated carbocycles. The summed E-state index contributed by atoms with van der Waals surface area (Å²) >= 11 is 0. The lowest BCUT2D eigenvalue weighted by molar-refractivity contribution is -0.126. The van der Waals surface area contributed by atoms with Crippen LogP contribution < -0.4 is 16.2 Å². The molecule has 2 saturated heterocycles. The van der Waals surface area contributed by atoms with Crippen molar-refractivity contribution in [1.29, 1.82) is 0 Å². The SMILES string of the molecule is C=CC(=O)N1CCC(Nc2cc(-c3ccc(CN4CCC(N(C)C)CC4)cc3)cc(C(=O)NCc3c(C)cc(C)[nH]c3=O)c2C)CC1. The van der Waals surface area contributed by atoms with Crippen LogP contribution in [0.15, 0.2) is 59.9 Å². The monoisotopic (exact) mass is 638 g/mol. The van der Waals surface area contributed by atoms with Crippen molar-refractivity contribution in [2.45, 2.75) is 71.6 Å². The normalized spacial score (nSPS) is 16.3. The number of aromatic nitrogens is 1. The van der Waals surface area contributed by atoms with Crippen LogP contribution in [0.1, 0.15) is 64.0 Å². The molecule has 0 unspecified atom stereocenters. The molecule has 2 fully saturated rings. The fraction of sp³-hybridized carbons (Fsp3) is 0.447. The first-order chi connectivity index (χ1) is 22.5. The summed E-state index contributed by atoms with van der Waals surface area (Å²) in [5.74, 6) is -0.263. The average molecular weight is 639 g/mol. The van der Waals surface area contributed by atoms with E-state index in [2.05, 4.69) is 76.4 Å². The molecule has 3 aromatic rings. The van der Waals surface area contributed by atoms with Gasteiger partial charge in [0, 0.05) is 60.8 Å². The molecule has 0 aliphatic carbocycles. The molecule has 0 radical (unpaired) electrons. The molecule has 47 heavy (non-hydrogen) atoms. The van der Waals surface area contributed by atoms with Crippen molar-refractivity contribution in [3.8, 4) is 11.1 Å². The minimum atomic E-state index is -0.226. The van der Waals surface area contributed by atoms with E-state index >= 15 is 0 Å². The van der Waals surface area contributed by atoms with E-state index in [9.17, 15) is 14.4 Å². The second-order valence-electron chi connectivity index (χ2n) is 13.4. The zero-order valence-corrected chi connectivity index (χ0v) is 28.6. The van der Waals surface area contributed by atoms with Gasteiger partial charge in [-0.15, -0.1) is 0 Å². The number of nitrogens with zero attached hydrogens (tertiary/aromatic N) is 3.